The van der Waals surface area contributed by atoms with Crippen LogP contribution in [0.4, 0.5) is 0 Å². The van der Waals surface area contributed by atoms with E-state index >= 15 is 0 Å². The number of hydrogen-bond acceptors (Lipinski definition) is 4. The van der Waals surface area contributed by atoms with Crippen molar-refractivity contribution >= 4 is 0 Å². The van der Waals surface area contributed by atoms with Crippen LogP contribution >= 0.6 is 0 Å². The van der Waals surface area contributed by atoms with Crippen molar-refractivity contribution in [3.05, 3.63) is 29.8 Å². The van der Waals surface area contributed by atoms with Gasteiger partial charge < -0.3 is 15.2 Å². The van der Waals surface area contributed by atoms with Crippen molar-refractivity contribution in [2.45, 2.75) is 26.0 Å². The normalized spacial score (nSPS) is 12.7. The molecule has 0 saturated heterocycles. The average Bonchev–Trinajstić information content (AvgIpc) is 2.39. The Balaban J connectivity index is 2.30. The maximum atomic E-state index is 9.88. The van der Waals surface area contributed by atoms with Crippen LogP contribution in [0.1, 0.15) is 18.9 Å². The number of methoxy groups -OCH3 is 1. The highest BCUT2D eigenvalue weighted by atomic mass is 16.5. The molecule has 0 heterocycles. The van der Waals surface area contributed by atoms with Crippen molar-refractivity contribution in [3.63, 3.8) is 0 Å². The van der Waals surface area contributed by atoms with Crippen LogP contribution in [0.25, 0.3) is 0 Å². The first kappa shape index (κ1) is 16.0. The molecule has 0 aliphatic heterocycles. The number of aliphatic hydroxyl groups excluding tert-OH is 1. The van der Waals surface area contributed by atoms with Gasteiger partial charge in [-0.3, -0.25) is 4.90 Å². The predicted octanol–water partition coefficient (Wildman–Crippen LogP) is 1.49. The Bertz CT molecular complexity index is 341. The van der Waals surface area contributed by atoms with Crippen LogP contribution in [0.15, 0.2) is 24.3 Å². The van der Waals surface area contributed by atoms with Gasteiger partial charge in [-0.25, -0.2) is 0 Å². The molecular formula is C15H26N2O2. The number of hydrogen-bond donors (Lipinski definition) is 2. The number of nitrogens with one attached hydrogen (secondary N) is 1. The number of nitrogens with zero attached hydrogens (tertiary/aromatic N) is 1. The maximum Gasteiger partial charge on any atom is 0.118 e. The number of benzene rings is 1. The number of rotatable bonds is 9. The SMILES string of the molecule is CCCNCC(O)CN(C)Cc1ccc(OC)cc1. The summed E-state index contributed by atoms with van der Waals surface area (Å²) in [7, 11) is 3.69. The van der Waals surface area contributed by atoms with Crippen LogP contribution in [0.2, 0.25) is 0 Å². The molecule has 0 spiro atoms. The lowest BCUT2D eigenvalue weighted by Crippen LogP contribution is -2.36. The van der Waals surface area contributed by atoms with Gasteiger partial charge in [0.25, 0.3) is 0 Å². The first-order valence-corrected chi connectivity index (χ1v) is 6.86. The number of likely N-dealkylation sites (N-methyl/N-ethyl adjacent to an activating group) is 1. The Morgan fingerprint density at radius 3 is 2.58 bits per heavy atom. The topological polar surface area (TPSA) is 44.7 Å². The fraction of sp³-hybridized carbons (Fsp3) is 0.600. The van der Waals surface area contributed by atoms with Gasteiger partial charge in [-0.1, -0.05) is 19.1 Å². The summed E-state index contributed by atoms with van der Waals surface area (Å²) < 4.78 is 5.13. The number of ether oxygens (including phenoxy) is 1. The Morgan fingerprint density at radius 2 is 2.00 bits per heavy atom. The van der Waals surface area contributed by atoms with E-state index in [-0.39, 0.29) is 6.10 Å². The van der Waals surface area contributed by atoms with Crippen molar-refractivity contribution in [1.82, 2.24) is 10.2 Å². The van der Waals surface area contributed by atoms with E-state index in [0.29, 0.717) is 13.1 Å². The molecule has 0 aliphatic carbocycles. The minimum Gasteiger partial charge on any atom is -0.497 e. The van der Waals surface area contributed by atoms with Crippen molar-refractivity contribution in [2.24, 2.45) is 0 Å². The van der Waals surface area contributed by atoms with Crippen LogP contribution in [-0.4, -0.2) is 49.9 Å². The van der Waals surface area contributed by atoms with E-state index < -0.39 is 0 Å². The van der Waals surface area contributed by atoms with E-state index in [4.69, 9.17) is 4.74 Å². The first-order valence-electron chi connectivity index (χ1n) is 6.86. The van der Waals surface area contributed by atoms with E-state index in [9.17, 15) is 5.11 Å². The molecule has 0 saturated carbocycles. The minimum absolute atomic E-state index is 0.324. The van der Waals surface area contributed by atoms with Gasteiger partial charge in [-0.05, 0) is 37.7 Å². The lowest BCUT2D eigenvalue weighted by molar-refractivity contribution is 0.121. The van der Waals surface area contributed by atoms with Gasteiger partial charge in [0.1, 0.15) is 5.75 Å². The molecule has 1 aromatic carbocycles. The van der Waals surface area contributed by atoms with Gasteiger partial charge in [0, 0.05) is 19.6 Å². The average molecular weight is 266 g/mol. The standard InChI is InChI=1S/C15H26N2O2/c1-4-9-16-10-14(18)12-17(2)11-13-5-7-15(19-3)8-6-13/h5-8,14,16,18H,4,9-12H2,1-3H3. The molecule has 4 heteroatoms. The molecule has 0 fully saturated rings. The van der Waals surface area contributed by atoms with Gasteiger partial charge in [-0.2, -0.15) is 0 Å². The number of aliphatic hydroxyl groups is 1. The summed E-state index contributed by atoms with van der Waals surface area (Å²) in [6, 6.07) is 8.03. The van der Waals surface area contributed by atoms with Gasteiger partial charge >= 0.3 is 0 Å². The molecule has 2 N–H and O–H groups in total. The Kier molecular flexibility index (Phi) is 7.48. The molecular weight excluding hydrogens is 240 g/mol. The van der Waals surface area contributed by atoms with Gasteiger partial charge in [-0.15, -0.1) is 0 Å². The maximum absolute atomic E-state index is 9.88. The zero-order chi connectivity index (χ0) is 14.1. The summed E-state index contributed by atoms with van der Waals surface area (Å²) >= 11 is 0. The van der Waals surface area contributed by atoms with Crippen LogP contribution in [0.3, 0.4) is 0 Å². The summed E-state index contributed by atoms with van der Waals surface area (Å²) in [5.74, 6) is 0.871. The molecule has 1 aromatic rings. The van der Waals surface area contributed by atoms with Crippen LogP contribution in [0, 0.1) is 0 Å². The largest absolute Gasteiger partial charge is 0.497 e. The highest BCUT2D eigenvalue weighted by molar-refractivity contribution is 5.27. The molecule has 4 nitrogen and oxygen atoms in total. The smallest absolute Gasteiger partial charge is 0.118 e. The third kappa shape index (κ3) is 6.57. The Hall–Kier alpha value is -1.10. The molecule has 1 rings (SSSR count). The zero-order valence-corrected chi connectivity index (χ0v) is 12.2. The zero-order valence-electron chi connectivity index (χ0n) is 12.2. The second-order valence-electron chi connectivity index (χ2n) is 4.90. The second kappa shape index (κ2) is 8.91. The summed E-state index contributed by atoms with van der Waals surface area (Å²) in [4.78, 5) is 2.13. The van der Waals surface area contributed by atoms with E-state index in [0.717, 1.165) is 25.3 Å². The van der Waals surface area contributed by atoms with Crippen molar-refractivity contribution in [3.8, 4) is 5.75 Å². The van der Waals surface area contributed by atoms with Gasteiger partial charge in [0.2, 0.25) is 0 Å². The van der Waals surface area contributed by atoms with Gasteiger partial charge in [0.15, 0.2) is 0 Å². The van der Waals surface area contributed by atoms with E-state index in [1.807, 2.05) is 19.2 Å². The van der Waals surface area contributed by atoms with Crippen molar-refractivity contribution in [2.75, 3.05) is 33.8 Å². The van der Waals surface area contributed by atoms with E-state index in [1.54, 1.807) is 7.11 Å². The Morgan fingerprint density at radius 1 is 1.32 bits per heavy atom. The van der Waals surface area contributed by atoms with E-state index in [1.165, 1.54) is 5.56 Å². The molecule has 0 aliphatic rings. The van der Waals surface area contributed by atoms with Gasteiger partial charge in [0.05, 0.1) is 13.2 Å². The first-order chi connectivity index (χ1) is 9.15. The molecule has 0 bridgehead atoms. The summed E-state index contributed by atoms with van der Waals surface area (Å²) in [6.07, 6.45) is 0.767. The lowest BCUT2D eigenvalue weighted by atomic mass is 10.2. The fourth-order valence-corrected chi connectivity index (χ4v) is 1.98. The molecule has 1 unspecified atom stereocenters. The third-order valence-corrected chi connectivity index (χ3v) is 2.94. The van der Waals surface area contributed by atoms with Crippen LogP contribution in [0.5, 0.6) is 5.75 Å². The summed E-state index contributed by atoms with van der Waals surface area (Å²) in [6.45, 7) is 5.23. The fourth-order valence-electron chi connectivity index (χ4n) is 1.98. The van der Waals surface area contributed by atoms with Crippen LogP contribution in [-0.2, 0) is 6.54 Å². The molecule has 108 valence electrons. The predicted molar refractivity (Wildman–Crippen MR) is 78.5 cm³/mol. The Labute approximate surface area is 116 Å². The lowest BCUT2D eigenvalue weighted by Gasteiger charge is -2.21. The molecule has 0 aromatic heterocycles. The van der Waals surface area contributed by atoms with Crippen LogP contribution < -0.4 is 10.1 Å². The van der Waals surface area contributed by atoms with Crippen molar-refractivity contribution < 1.29 is 9.84 Å². The molecule has 19 heavy (non-hydrogen) atoms. The summed E-state index contributed by atoms with van der Waals surface area (Å²) in [5.41, 5.74) is 1.22. The molecule has 0 radical (unpaired) electrons. The highest BCUT2D eigenvalue weighted by Gasteiger charge is 2.08. The monoisotopic (exact) mass is 266 g/mol. The second-order valence-corrected chi connectivity index (χ2v) is 4.90. The quantitative estimate of drug-likeness (QED) is 0.665. The van der Waals surface area contributed by atoms with Crippen molar-refractivity contribution in [1.29, 1.82) is 0 Å². The molecule has 0 amide bonds. The van der Waals surface area contributed by atoms with E-state index in [2.05, 4.69) is 29.3 Å². The summed E-state index contributed by atoms with van der Waals surface area (Å²) in [5, 5.41) is 13.1. The third-order valence-electron chi connectivity index (χ3n) is 2.94. The highest BCUT2D eigenvalue weighted by Crippen LogP contribution is 2.12. The minimum atomic E-state index is -0.324. The molecule has 1 atom stereocenters.